The molecule has 6 atom stereocenters. The SMILES string of the molecule is Cc1ccc(CC(C)OC(=O)C(C)N[P+](=O)OCC2OC(n3cnc4c(N)nc(Cl)nc43)CC2O)cc1CO. The number of fused-ring (bicyclic) bond motifs is 1. The molecular weight excluding hydrogens is 551 g/mol. The van der Waals surface area contributed by atoms with Gasteiger partial charge in [0, 0.05) is 12.8 Å². The van der Waals surface area contributed by atoms with Gasteiger partial charge in [-0.05, 0) is 53.6 Å². The molecule has 1 aliphatic heterocycles. The van der Waals surface area contributed by atoms with E-state index in [2.05, 4.69) is 20.0 Å². The van der Waals surface area contributed by atoms with Crippen LogP contribution in [0.25, 0.3) is 11.2 Å². The van der Waals surface area contributed by atoms with Crippen LogP contribution < -0.4 is 10.8 Å². The van der Waals surface area contributed by atoms with E-state index in [1.54, 1.807) is 11.5 Å². The number of rotatable bonds is 11. The summed E-state index contributed by atoms with van der Waals surface area (Å²) in [7, 11) is -2.46. The van der Waals surface area contributed by atoms with E-state index in [1.165, 1.54) is 13.3 Å². The number of ether oxygens (including phenoxy) is 2. The molecule has 15 heteroatoms. The third kappa shape index (κ3) is 7.06. The van der Waals surface area contributed by atoms with Crippen molar-refractivity contribution in [3.8, 4) is 0 Å². The van der Waals surface area contributed by atoms with Crippen LogP contribution in [0, 0.1) is 6.92 Å². The summed E-state index contributed by atoms with van der Waals surface area (Å²) in [4.78, 5) is 24.7. The number of halogens is 1. The number of esters is 1. The van der Waals surface area contributed by atoms with Crippen molar-refractivity contribution in [2.24, 2.45) is 0 Å². The van der Waals surface area contributed by atoms with E-state index in [0.29, 0.717) is 17.6 Å². The highest BCUT2D eigenvalue weighted by Gasteiger charge is 2.39. The number of nitrogens with zero attached hydrogens (tertiary/aromatic N) is 4. The highest BCUT2D eigenvalue weighted by atomic mass is 35.5. The Hall–Kier alpha value is -2.77. The molecule has 1 saturated heterocycles. The lowest BCUT2D eigenvalue weighted by Gasteiger charge is -2.16. The summed E-state index contributed by atoms with van der Waals surface area (Å²) in [6, 6.07) is 4.80. The molecule has 6 unspecified atom stereocenters. The van der Waals surface area contributed by atoms with Crippen molar-refractivity contribution in [1.29, 1.82) is 0 Å². The molecule has 0 saturated carbocycles. The van der Waals surface area contributed by atoms with Gasteiger partial charge in [-0.15, -0.1) is 4.52 Å². The fraction of sp³-hybridized carbons (Fsp3) is 0.500. The van der Waals surface area contributed by atoms with E-state index < -0.39 is 44.7 Å². The molecule has 0 aliphatic carbocycles. The number of aliphatic hydroxyl groups excluding tert-OH is 2. The number of carbonyl (C=O) groups excluding carboxylic acids is 1. The number of aryl methyl sites for hydroxylation is 1. The van der Waals surface area contributed by atoms with Crippen molar-refractivity contribution in [1.82, 2.24) is 24.6 Å². The number of nitrogen functional groups attached to an aromatic ring is 1. The summed E-state index contributed by atoms with van der Waals surface area (Å²) < 4.78 is 30.7. The zero-order chi connectivity index (χ0) is 28.3. The lowest BCUT2D eigenvalue weighted by Crippen LogP contribution is -2.34. The molecule has 0 radical (unpaired) electrons. The van der Waals surface area contributed by atoms with Crippen LogP contribution in [-0.4, -0.2) is 66.7 Å². The Morgan fingerprint density at radius 3 is 2.90 bits per heavy atom. The first-order chi connectivity index (χ1) is 18.5. The second-order valence-electron chi connectivity index (χ2n) is 9.41. The summed E-state index contributed by atoms with van der Waals surface area (Å²) in [6.07, 6.45) is -0.648. The summed E-state index contributed by atoms with van der Waals surface area (Å²) in [5.74, 6) is -0.466. The molecule has 0 amide bonds. The average Bonchev–Trinajstić information content (AvgIpc) is 3.46. The molecule has 0 spiro atoms. The molecule has 13 nitrogen and oxygen atoms in total. The third-order valence-electron chi connectivity index (χ3n) is 6.37. The first kappa shape index (κ1) is 29.2. The molecule has 1 aliphatic rings. The number of anilines is 1. The minimum atomic E-state index is -2.46. The Kier molecular flexibility index (Phi) is 9.44. The van der Waals surface area contributed by atoms with Crippen LogP contribution in [0.1, 0.15) is 43.2 Å². The molecule has 3 aromatic rings. The number of nitrogens with two attached hydrogens (primary N) is 1. The van der Waals surface area contributed by atoms with Gasteiger partial charge in [0.15, 0.2) is 11.5 Å². The van der Waals surface area contributed by atoms with E-state index in [1.807, 2.05) is 25.1 Å². The van der Waals surface area contributed by atoms with Crippen LogP contribution in [0.3, 0.4) is 0 Å². The first-order valence-electron chi connectivity index (χ1n) is 12.3. The summed E-state index contributed by atoms with van der Waals surface area (Å²) in [6.45, 7) is 4.93. The number of nitrogens with one attached hydrogen (secondary N) is 1. The molecule has 1 fully saturated rings. The van der Waals surface area contributed by atoms with Crippen molar-refractivity contribution in [2.45, 2.75) is 70.8 Å². The van der Waals surface area contributed by atoms with E-state index >= 15 is 0 Å². The molecule has 2 aromatic heterocycles. The van der Waals surface area contributed by atoms with E-state index in [0.717, 1.165) is 16.7 Å². The van der Waals surface area contributed by atoms with Gasteiger partial charge in [-0.25, -0.2) is 4.98 Å². The van der Waals surface area contributed by atoms with Gasteiger partial charge in [-0.2, -0.15) is 9.97 Å². The van der Waals surface area contributed by atoms with Crippen LogP contribution in [-0.2, 0) is 36.4 Å². The minimum absolute atomic E-state index is 0.0451. The predicted octanol–water partition coefficient (Wildman–Crippen LogP) is 2.34. The number of benzene rings is 1. The summed E-state index contributed by atoms with van der Waals surface area (Å²) in [5, 5.41) is 22.4. The van der Waals surface area contributed by atoms with Crippen LogP contribution in [0.15, 0.2) is 24.5 Å². The van der Waals surface area contributed by atoms with Crippen LogP contribution in [0.5, 0.6) is 0 Å². The van der Waals surface area contributed by atoms with Crippen LogP contribution in [0.2, 0.25) is 5.28 Å². The Balaban J connectivity index is 1.24. The molecule has 5 N–H and O–H groups in total. The maximum Gasteiger partial charge on any atom is 0.613 e. The van der Waals surface area contributed by atoms with Crippen molar-refractivity contribution in [3.63, 3.8) is 0 Å². The smallest absolute Gasteiger partial charge is 0.461 e. The van der Waals surface area contributed by atoms with E-state index in [-0.39, 0.29) is 30.7 Å². The Bertz CT molecular complexity index is 1360. The Morgan fingerprint density at radius 1 is 1.38 bits per heavy atom. The molecule has 3 heterocycles. The fourth-order valence-corrected chi connectivity index (χ4v) is 5.19. The monoisotopic (exact) mass is 581 g/mol. The van der Waals surface area contributed by atoms with E-state index in [9.17, 15) is 19.6 Å². The third-order valence-corrected chi connectivity index (χ3v) is 7.52. The maximum absolute atomic E-state index is 12.5. The standard InChI is InChI=1S/C24H31ClN6O7P/c1-12-4-5-15(7-16(12)9-32)6-13(2)37-23(34)14(3)30-39(35)36-10-18-17(33)8-19(38-18)31-11-27-20-21(26)28-24(25)29-22(20)31/h4-5,7,11,13-14,17-19,32-33H,6,8-10H2,1-3H3,(H,30,35)(H2,26,28,29)/q+1. The zero-order valence-electron chi connectivity index (χ0n) is 21.7. The lowest BCUT2D eigenvalue weighted by molar-refractivity contribution is -0.149. The predicted molar refractivity (Wildman–Crippen MR) is 142 cm³/mol. The summed E-state index contributed by atoms with van der Waals surface area (Å²) >= 11 is 5.91. The van der Waals surface area contributed by atoms with Crippen molar-refractivity contribution in [3.05, 3.63) is 46.5 Å². The van der Waals surface area contributed by atoms with Gasteiger partial charge >= 0.3 is 14.1 Å². The highest BCUT2D eigenvalue weighted by Crippen LogP contribution is 2.33. The molecule has 39 heavy (non-hydrogen) atoms. The normalized spacial score (nSPS) is 21.2. The van der Waals surface area contributed by atoms with Gasteiger partial charge in [0.25, 0.3) is 0 Å². The van der Waals surface area contributed by atoms with Gasteiger partial charge in [0.2, 0.25) is 5.28 Å². The van der Waals surface area contributed by atoms with Crippen molar-refractivity contribution in [2.75, 3.05) is 12.3 Å². The number of carbonyl (C=O) groups is 1. The van der Waals surface area contributed by atoms with Gasteiger partial charge in [-0.1, -0.05) is 23.3 Å². The Morgan fingerprint density at radius 2 is 2.15 bits per heavy atom. The van der Waals surface area contributed by atoms with Gasteiger partial charge in [0.05, 0.1) is 19.0 Å². The molecule has 0 bridgehead atoms. The van der Waals surface area contributed by atoms with Gasteiger partial charge < -0.3 is 25.4 Å². The van der Waals surface area contributed by atoms with Gasteiger partial charge in [-0.3, -0.25) is 9.36 Å². The number of imidazole rings is 1. The maximum atomic E-state index is 12.5. The molecule has 4 rings (SSSR count). The van der Waals surface area contributed by atoms with Crippen molar-refractivity contribution < 1.29 is 33.6 Å². The minimum Gasteiger partial charge on any atom is -0.461 e. The highest BCUT2D eigenvalue weighted by molar-refractivity contribution is 7.36. The van der Waals surface area contributed by atoms with Gasteiger partial charge in [0.1, 0.15) is 36.6 Å². The number of aromatic nitrogens is 4. The quantitative estimate of drug-likeness (QED) is 0.147. The molecule has 1 aromatic carbocycles. The zero-order valence-corrected chi connectivity index (χ0v) is 23.3. The van der Waals surface area contributed by atoms with Crippen LogP contribution in [0.4, 0.5) is 5.82 Å². The summed E-state index contributed by atoms with van der Waals surface area (Å²) in [5.41, 5.74) is 9.28. The second-order valence-corrected chi connectivity index (χ2v) is 10.8. The first-order valence-corrected chi connectivity index (χ1v) is 13.9. The Labute approximate surface area is 230 Å². The number of hydrogen-bond acceptors (Lipinski definition) is 11. The average molecular weight is 582 g/mol. The largest absolute Gasteiger partial charge is 0.613 e. The molecule has 210 valence electrons. The molecular formula is C24H31ClN6O7P+. The fourth-order valence-electron chi connectivity index (χ4n) is 4.24. The van der Waals surface area contributed by atoms with E-state index in [4.69, 9.17) is 31.3 Å². The lowest BCUT2D eigenvalue weighted by atomic mass is 10.0. The topological polar surface area (TPSA) is 184 Å². The van der Waals surface area contributed by atoms with Crippen LogP contribution >= 0.6 is 19.8 Å². The number of aliphatic hydroxyl groups is 2. The second kappa shape index (κ2) is 12.6. The van der Waals surface area contributed by atoms with Crippen molar-refractivity contribution >= 4 is 42.7 Å². The number of hydrogen-bond donors (Lipinski definition) is 4.